The van der Waals surface area contributed by atoms with E-state index in [9.17, 15) is 4.79 Å². The molecule has 4 heterocycles. The number of hydrogen-bond donors (Lipinski definition) is 0. The van der Waals surface area contributed by atoms with Crippen LogP contribution in [0.15, 0.2) is 34.3 Å². The van der Waals surface area contributed by atoms with Crippen molar-refractivity contribution in [3.8, 4) is 0 Å². The third-order valence-corrected chi connectivity index (χ3v) is 5.08. The van der Waals surface area contributed by atoms with Gasteiger partial charge in [0.05, 0.1) is 6.54 Å². The molecule has 4 aromatic rings. The Morgan fingerprint density at radius 2 is 1.96 bits per heavy atom. The molecular formula is C16H17N7OS. The van der Waals surface area contributed by atoms with E-state index in [-0.39, 0.29) is 5.69 Å². The highest BCUT2D eigenvalue weighted by atomic mass is 32.2. The molecular weight excluding hydrogens is 338 g/mol. The van der Waals surface area contributed by atoms with Crippen LogP contribution < -0.4 is 5.69 Å². The van der Waals surface area contributed by atoms with Gasteiger partial charge >= 0.3 is 5.69 Å². The molecule has 0 N–H and O–H groups in total. The highest BCUT2D eigenvalue weighted by Crippen LogP contribution is 2.17. The van der Waals surface area contributed by atoms with Crippen LogP contribution in [0.1, 0.15) is 17.0 Å². The van der Waals surface area contributed by atoms with E-state index in [1.54, 1.807) is 10.7 Å². The molecule has 0 aromatic carbocycles. The topological polar surface area (TPSA) is 82.4 Å². The molecule has 0 saturated carbocycles. The number of nitrogens with zero attached hydrogens (tertiary/aromatic N) is 7. The number of rotatable bonds is 4. The van der Waals surface area contributed by atoms with Gasteiger partial charge in [0.1, 0.15) is 0 Å². The summed E-state index contributed by atoms with van der Waals surface area (Å²) in [5, 5.41) is 9.47. The molecule has 0 spiro atoms. The Balaban J connectivity index is 1.53. The number of thioether (sulfide) groups is 1. The Hall–Kier alpha value is -2.68. The molecule has 0 fully saturated rings. The average Bonchev–Trinajstić information content (AvgIpc) is 3.15. The Bertz CT molecular complexity index is 1140. The molecule has 0 unspecified atom stereocenters. The molecule has 4 aromatic heterocycles. The lowest BCUT2D eigenvalue weighted by atomic mass is 10.2. The van der Waals surface area contributed by atoms with Crippen LogP contribution in [0.2, 0.25) is 0 Å². The zero-order valence-electron chi connectivity index (χ0n) is 14.2. The van der Waals surface area contributed by atoms with Gasteiger partial charge in [-0.05, 0) is 38.5 Å². The van der Waals surface area contributed by atoms with Crippen molar-refractivity contribution in [2.45, 2.75) is 32.5 Å². The van der Waals surface area contributed by atoms with Gasteiger partial charge < -0.3 is 0 Å². The molecule has 0 atom stereocenters. The zero-order chi connectivity index (χ0) is 17.6. The standard InChI is InChI=1S/C16H17N7OS/c1-10-11(2)17-14-18-15(20-23(14)12(10)3)25-9-8-22-16(24)21-7-5-4-6-13(21)19-22/h4-7H,8-9H2,1-3H3. The van der Waals surface area contributed by atoms with Crippen LogP contribution in [0.3, 0.4) is 0 Å². The second-order valence-corrected chi connectivity index (χ2v) is 6.86. The van der Waals surface area contributed by atoms with E-state index in [2.05, 4.69) is 20.2 Å². The molecule has 0 saturated heterocycles. The number of aryl methyl sites for hydroxylation is 3. The van der Waals surface area contributed by atoms with Crippen molar-refractivity contribution >= 4 is 23.2 Å². The second-order valence-electron chi connectivity index (χ2n) is 5.80. The first-order chi connectivity index (χ1) is 12.0. The van der Waals surface area contributed by atoms with Gasteiger partial charge in [-0.2, -0.15) is 4.98 Å². The third-order valence-electron chi connectivity index (χ3n) is 4.26. The maximum absolute atomic E-state index is 12.2. The minimum absolute atomic E-state index is 0.136. The van der Waals surface area contributed by atoms with Gasteiger partial charge in [-0.1, -0.05) is 17.8 Å². The molecule has 9 heteroatoms. The van der Waals surface area contributed by atoms with E-state index >= 15 is 0 Å². The van der Waals surface area contributed by atoms with Gasteiger partial charge in [0.2, 0.25) is 5.16 Å². The Labute approximate surface area is 147 Å². The van der Waals surface area contributed by atoms with Crippen molar-refractivity contribution in [3.05, 3.63) is 51.8 Å². The Kier molecular flexibility index (Phi) is 3.79. The molecule has 128 valence electrons. The van der Waals surface area contributed by atoms with Gasteiger partial charge in [0.15, 0.2) is 5.65 Å². The van der Waals surface area contributed by atoms with E-state index < -0.39 is 0 Å². The van der Waals surface area contributed by atoms with Gasteiger partial charge in [-0.15, -0.1) is 10.2 Å². The molecule has 0 radical (unpaired) electrons. The number of pyridine rings is 1. The summed E-state index contributed by atoms with van der Waals surface area (Å²) in [5.41, 5.74) is 3.63. The smallest absolute Gasteiger partial charge is 0.250 e. The fraction of sp³-hybridized carbons (Fsp3) is 0.312. The SMILES string of the molecule is Cc1nc2nc(SCCn3nc4ccccn4c3=O)nn2c(C)c1C. The van der Waals surface area contributed by atoms with Gasteiger partial charge in [0, 0.05) is 23.3 Å². The number of aromatic nitrogens is 7. The average molecular weight is 355 g/mol. The van der Waals surface area contributed by atoms with Crippen LogP contribution in [-0.2, 0) is 6.54 Å². The molecule has 4 rings (SSSR count). The minimum Gasteiger partial charge on any atom is -0.250 e. The largest absolute Gasteiger partial charge is 0.350 e. The van der Waals surface area contributed by atoms with Gasteiger partial charge in [-0.25, -0.2) is 19.0 Å². The van der Waals surface area contributed by atoms with Gasteiger partial charge in [0.25, 0.3) is 5.78 Å². The summed E-state index contributed by atoms with van der Waals surface area (Å²) in [7, 11) is 0. The van der Waals surface area contributed by atoms with Crippen molar-refractivity contribution in [2.24, 2.45) is 0 Å². The summed E-state index contributed by atoms with van der Waals surface area (Å²) >= 11 is 1.49. The third kappa shape index (κ3) is 2.70. The first-order valence-electron chi connectivity index (χ1n) is 7.92. The first-order valence-corrected chi connectivity index (χ1v) is 8.91. The normalized spacial score (nSPS) is 11.6. The lowest BCUT2D eigenvalue weighted by Gasteiger charge is -2.04. The summed E-state index contributed by atoms with van der Waals surface area (Å²) in [4.78, 5) is 21.2. The maximum atomic E-state index is 12.2. The molecule has 25 heavy (non-hydrogen) atoms. The van der Waals surface area contributed by atoms with E-state index in [0.29, 0.717) is 28.9 Å². The van der Waals surface area contributed by atoms with Crippen LogP contribution >= 0.6 is 11.8 Å². The van der Waals surface area contributed by atoms with Crippen molar-refractivity contribution < 1.29 is 0 Å². The zero-order valence-corrected chi connectivity index (χ0v) is 15.0. The predicted molar refractivity (Wildman–Crippen MR) is 95.2 cm³/mol. The van der Waals surface area contributed by atoms with Crippen molar-refractivity contribution in [1.82, 2.24) is 33.8 Å². The summed E-state index contributed by atoms with van der Waals surface area (Å²) in [5.74, 6) is 1.26. The lowest BCUT2D eigenvalue weighted by Crippen LogP contribution is -2.22. The minimum atomic E-state index is -0.136. The van der Waals surface area contributed by atoms with Crippen LogP contribution in [0, 0.1) is 20.8 Å². The van der Waals surface area contributed by atoms with E-state index in [0.717, 1.165) is 17.0 Å². The predicted octanol–water partition coefficient (Wildman–Crippen LogP) is 1.65. The molecule has 8 nitrogen and oxygen atoms in total. The molecule has 0 bridgehead atoms. The molecule has 0 aliphatic heterocycles. The fourth-order valence-corrected chi connectivity index (χ4v) is 3.37. The lowest BCUT2D eigenvalue weighted by molar-refractivity contribution is 0.639. The number of hydrogen-bond acceptors (Lipinski definition) is 6. The molecule has 0 amide bonds. The molecule has 0 aliphatic rings. The van der Waals surface area contributed by atoms with Crippen LogP contribution in [0.4, 0.5) is 0 Å². The number of fused-ring (bicyclic) bond motifs is 2. The van der Waals surface area contributed by atoms with Crippen LogP contribution in [-0.4, -0.2) is 39.5 Å². The Morgan fingerprint density at radius 3 is 2.76 bits per heavy atom. The van der Waals surface area contributed by atoms with Crippen LogP contribution in [0.25, 0.3) is 11.4 Å². The second kappa shape index (κ2) is 5.99. The van der Waals surface area contributed by atoms with E-state index in [1.165, 1.54) is 20.8 Å². The summed E-state index contributed by atoms with van der Waals surface area (Å²) < 4.78 is 4.77. The summed E-state index contributed by atoms with van der Waals surface area (Å²) in [6, 6.07) is 5.49. The van der Waals surface area contributed by atoms with Gasteiger partial charge in [-0.3, -0.25) is 4.40 Å². The monoisotopic (exact) mass is 355 g/mol. The summed E-state index contributed by atoms with van der Waals surface area (Å²) in [6.45, 7) is 6.50. The van der Waals surface area contributed by atoms with E-state index in [1.807, 2.05) is 39.0 Å². The Morgan fingerprint density at radius 1 is 1.12 bits per heavy atom. The van der Waals surface area contributed by atoms with Crippen LogP contribution in [0.5, 0.6) is 0 Å². The quantitative estimate of drug-likeness (QED) is 0.518. The van der Waals surface area contributed by atoms with Crippen molar-refractivity contribution in [1.29, 1.82) is 0 Å². The maximum Gasteiger partial charge on any atom is 0.350 e. The summed E-state index contributed by atoms with van der Waals surface area (Å²) in [6.07, 6.45) is 1.72. The molecule has 0 aliphatic carbocycles. The van der Waals surface area contributed by atoms with Crippen molar-refractivity contribution in [2.75, 3.05) is 5.75 Å². The fourth-order valence-electron chi connectivity index (χ4n) is 2.64. The van der Waals surface area contributed by atoms with Crippen molar-refractivity contribution in [3.63, 3.8) is 0 Å². The highest BCUT2D eigenvalue weighted by Gasteiger charge is 2.12. The van der Waals surface area contributed by atoms with E-state index in [4.69, 9.17) is 0 Å². The highest BCUT2D eigenvalue weighted by molar-refractivity contribution is 7.99. The first kappa shape index (κ1) is 15.8.